The highest BCUT2D eigenvalue weighted by Crippen LogP contribution is 2.21. The Hall–Kier alpha value is -2.14. The van der Waals surface area contributed by atoms with Crippen LogP contribution in [0.2, 0.25) is 0 Å². The molecular weight excluding hydrogens is 368 g/mol. The number of carbonyl (C=O) groups excluding carboxylic acids is 2. The average molecular weight is 389 g/mol. The molecule has 0 saturated carbocycles. The van der Waals surface area contributed by atoms with Crippen LogP contribution in [-0.4, -0.2) is 29.8 Å². The third-order valence-corrected chi connectivity index (χ3v) is 4.73. The van der Waals surface area contributed by atoms with Crippen LogP contribution in [0, 0.1) is 6.92 Å². The first kappa shape index (κ1) is 18.2. The normalized spacial score (nSPS) is 10.3. The van der Waals surface area contributed by atoms with E-state index in [0.29, 0.717) is 24.2 Å². The minimum atomic E-state index is -0.201. The first-order valence-electron chi connectivity index (χ1n) is 7.93. The van der Waals surface area contributed by atoms with Crippen molar-refractivity contribution in [3.05, 3.63) is 63.6 Å². The van der Waals surface area contributed by atoms with E-state index in [4.69, 9.17) is 0 Å². The van der Waals surface area contributed by atoms with Crippen molar-refractivity contribution in [2.24, 2.45) is 0 Å². The van der Waals surface area contributed by atoms with Gasteiger partial charge in [-0.2, -0.15) is 0 Å². The Bertz CT molecular complexity index is 738. The van der Waals surface area contributed by atoms with Gasteiger partial charge in [0.1, 0.15) is 0 Å². The molecule has 0 aromatic heterocycles. The van der Waals surface area contributed by atoms with E-state index < -0.39 is 0 Å². The third kappa shape index (κ3) is 4.23. The first-order valence-corrected chi connectivity index (χ1v) is 8.72. The van der Waals surface area contributed by atoms with Gasteiger partial charge in [-0.3, -0.25) is 9.59 Å². The fraction of sp³-hybridized carbons (Fsp3) is 0.263. The van der Waals surface area contributed by atoms with Gasteiger partial charge in [0.05, 0.1) is 0 Å². The maximum atomic E-state index is 12.3. The molecule has 0 bridgehead atoms. The van der Waals surface area contributed by atoms with E-state index in [1.807, 2.05) is 39.0 Å². The van der Waals surface area contributed by atoms with E-state index >= 15 is 0 Å². The standard InChI is InChI=1S/C19H21BrN2O2/c1-4-22(5-2)19(24)15-9-7-14(8-10-15)18(23)21-16-11-6-13(3)17(20)12-16/h6-12H,4-5H2,1-3H3,(H,21,23). The van der Waals surface area contributed by atoms with Crippen LogP contribution in [0.1, 0.15) is 40.1 Å². The van der Waals surface area contributed by atoms with Crippen molar-refractivity contribution in [1.82, 2.24) is 4.90 Å². The Morgan fingerprint density at radius 1 is 1.00 bits per heavy atom. The van der Waals surface area contributed by atoms with E-state index in [1.165, 1.54) is 0 Å². The molecule has 0 aliphatic rings. The molecule has 4 nitrogen and oxygen atoms in total. The molecule has 0 unspecified atom stereocenters. The molecule has 0 saturated heterocycles. The van der Waals surface area contributed by atoms with Crippen LogP contribution in [0.15, 0.2) is 46.9 Å². The Balaban J connectivity index is 2.11. The third-order valence-electron chi connectivity index (χ3n) is 3.87. The van der Waals surface area contributed by atoms with Gasteiger partial charge in [0.2, 0.25) is 0 Å². The summed E-state index contributed by atoms with van der Waals surface area (Å²) in [5.74, 6) is -0.220. The van der Waals surface area contributed by atoms with Gasteiger partial charge in [-0.1, -0.05) is 22.0 Å². The number of amides is 2. The van der Waals surface area contributed by atoms with Gasteiger partial charge < -0.3 is 10.2 Å². The van der Waals surface area contributed by atoms with Crippen LogP contribution in [-0.2, 0) is 0 Å². The lowest BCUT2D eigenvalue weighted by Gasteiger charge is -2.18. The summed E-state index contributed by atoms with van der Waals surface area (Å²) in [6.07, 6.45) is 0. The number of nitrogens with zero attached hydrogens (tertiary/aromatic N) is 1. The van der Waals surface area contributed by atoms with Crippen molar-refractivity contribution in [2.75, 3.05) is 18.4 Å². The molecule has 2 rings (SSSR count). The number of hydrogen-bond donors (Lipinski definition) is 1. The summed E-state index contributed by atoms with van der Waals surface area (Å²) in [4.78, 5) is 26.3. The molecule has 24 heavy (non-hydrogen) atoms. The molecule has 0 spiro atoms. The maximum absolute atomic E-state index is 12.3. The number of hydrogen-bond acceptors (Lipinski definition) is 2. The highest BCUT2D eigenvalue weighted by atomic mass is 79.9. The summed E-state index contributed by atoms with van der Waals surface area (Å²) in [6.45, 7) is 7.22. The number of carbonyl (C=O) groups is 2. The molecule has 2 amide bonds. The second kappa shape index (κ2) is 8.11. The van der Waals surface area contributed by atoms with Crippen molar-refractivity contribution in [2.45, 2.75) is 20.8 Å². The fourth-order valence-electron chi connectivity index (χ4n) is 2.33. The summed E-state index contributed by atoms with van der Waals surface area (Å²) in [5.41, 5.74) is 2.93. The lowest BCUT2D eigenvalue weighted by molar-refractivity contribution is 0.0772. The second-order valence-electron chi connectivity index (χ2n) is 5.47. The van der Waals surface area contributed by atoms with Crippen molar-refractivity contribution in [3.63, 3.8) is 0 Å². The van der Waals surface area contributed by atoms with Crippen LogP contribution in [0.25, 0.3) is 0 Å². The number of aryl methyl sites for hydroxylation is 1. The van der Waals surface area contributed by atoms with Crippen molar-refractivity contribution in [3.8, 4) is 0 Å². The predicted octanol–water partition coefficient (Wildman–Crippen LogP) is 4.49. The number of benzene rings is 2. The molecule has 5 heteroatoms. The summed E-state index contributed by atoms with van der Waals surface area (Å²) in [5, 5.41) is 2.86. The zero-order chi connectivity index (χ0) is 17.7. The number of halogens is 1. The van der Waals surface area contributed by atoms with Crippen LogP contribution in [0.3, 0.4) is 0 Å². The van der Waals surface area contributed by atoms with Gasteiger partial charge in [-0.15, -0.1) is 0 Å². The summed E-state index contributed by atoms with van der Waals surface area (Å²) in [6, 6.07) is 12.4. The number of anilines is 1. The monoisotopic (exact) mass is 388 g/mol. The summed E-state index contributed by atoms with van der Waals surface area (Å²) >= 11 is 3.45. The van der Waals surface area contributed by atoms with Crippen LogP contribution in [0.5, 0.6) is 0 Å². The summed E-state index contributed by atoms with van der Waals surface area (Å²) in [7, 11) is 0. The minimum absolute atomic E-state index is 0.0191. The van der Waals surface area contributed by atoms with Gasteiger partial charge >= 0.3 is 0 Å². The van der Waals surface area contributed by atoms with Crippen LogP contribution in [0.4, 0.5) is 5.69 Å². The van der Waals surface area contributed by atoms with E-state index in [9.17, 15) is 9.59 Å². The molecule has 0 radical (unpaired) electrons. The molecule has 1 N–H and O–H groups in total. The smallest absolute Gasteiger partial charge is 0.255 e. The zero-order valence-electron chi connectivity index (χ0n) is 14.1. The molecule has 0 aliphatic carbocycles. The van der Waals surface area contributed by atoms with E-state index in [0.717, 1.165) is 15.7 Å². The van der Waals surface area contributed by atoms with E-state index in [-0.39, 0.29) is 11.8 Å². The van der Waals surface area contributed by atoms with Gasteiger partial charge in [-0.05, 0) is 62.7 Å². The number of rotatable bonds is 5. The van der Waals surface area contributed by atoms with Crippen molar-refractivity contribution < 1.29 is 9.59 Å². The quantitative estimate of drug-likeness (QED) is 0.819. The van der Waals surface area contributed by atoms with Crippen molar-refractivity contribution in [1.29, 1.82) is 0 Å². The van der Waals surface area contributed by atoms with Gasteiger partial charge in [0.25, 0.3) is 11.8 Å². The molecular formula is C19H21BrN2O2. The Kier molecular flexibility index (Phi) is 6.15. The molecule has 0 aliphatic heterocycles. The Morgan fingerprint density at radius 3 is 2.12 bits per heavy atom. The molecule has 2 aromatic carbocycles. The minimum Gasteiger partial charge on any atom is -0.339 e. The Morgan fingerprint density at radius 2 is 1.58 bits per heavy atom. The topological polar surface area (TPSA) is 49.4 Å². The fourth-order valence-corrected chi connectivity index (χ4v) is 2.71. The lowest BCUT2D eigenvalue weighted by Crippen LogP contribution is -2.30. The van der Waals surface area contributed by atoms with Crippen LogP contribution < -0.4 is 5.32 Å². The second-order valence-corrected chi connectivity index (χ2v) is 6.33. The predicted molar refractivity (Wildman–Crippen MR) is 101 cm³/mol. The van der Waals surface area contributed by atoms with E-state index in [2.05, 4.69) is 21.2 Å². The zero-order valence-corrected chi connectivity index (χ0v) is 15.7. The number of nitrogens with one attached hydrogen (secondary N) is 1. The SMILES string of the molecule is CCN(CC)C(=O)c1ccc(C(=O)Nc2ccc(C)c(Br)c2)cc1. The Labute approximate surface area is 151 Å². The summed E-state index contributed by atoms with van der Waals surface area (Å²) < 4.78 is 0.945. The van der Waals surface area contributed by atoms with Gasteiger partial charge in [-0.25, -0.2) is 0 Å². The molecule has 0 fully saturated rings. The molecule has 0 heterocycles. The maximum Gasteiger partial charge on any atom is 0.255 e. The van der Waals surface area contributed by atoms with Crippen LogP contribution >= 0.6 is 15.9 Å². The van der Waals surface area contributed by atoms with Gasteiger partial charge in [0.15, 0.2) is 0 Å². The first-order chi connectivity index (χ1) is 11.5. The highest BCUT2D eigenvalue weighted by molar-refractivity contribution is 9.10. The van der Waals surface area contributed by atoms with E-state index in [1.54, 1.807) is 29.2 Å². The average Bonchev–Trinajstić information content (AvgIpc) is 2.59. The molecule has 126 valence electrons. The largest absolute Gasteiger partial charge is 0.339 e. The van der Waals surface area contributed by atoms with Gasteiger partial charge in [0, 0.05) is 34.4 Å². The highest BCUT2D eigenvalue weighted by Gasteiger charge is 2.13. The lowest BCUT2D eigenvalue weighted by atomic mass is 10.1. The molecule has 2 aromatic rings. The van der Waals surface area contributed by atoms with Crippen molar-refractivity contribution >= 4 is 33.4 Å². The molecule has 0 atom stereocenters.